The second-order valence-electron chi connectivity index (χ2n) is 6.89. The third kappa shape index (κ3) is 3.09. The van der Waals surface area contributed by atoms with Crippen molar-refractivity contribution in [3.05, 3.63) is 70.8 Å². The average molecular weight is 305 g/mol. The Morgan fingerprint density at radius 3 is 2.39 bits per heavy atom. The van der Waals surface area contributed by atoms with E-state index < -0.39 is 0 Å². The predicted molar refractivity (Wildman–Crippen MR) is 92.6 cm³/mol. The molecule has 0 N–H and O–H groups in total. The molecule has 118 valence electrons. The summed E-state index contributed by atoms with van der Waals surface area (Å²) >= 11 is 0. The number of hydrogen-bond acceptors (Lipinski definition) is 2. The quantitative estimate of drug-likeness (QED) is 0.745. The molecule has 4 rings (SSSR count). The fourth-order valence-corrected chi connectivity index (χ4v) is 3.88. The van der Waals surface area contributed by atoms with Crippen molar-refractivity contribution in [1.29, 1.82) is 0 Å². The predicted octanol–water partition coefficient (Wildman–Crippen LogP) is 4.71. The topological polar surface area (TPSA) is 20.3 Å². The van der Waals surface area contributed by atoms with Gasteiger partial charge >= 0.3 is 0 Å². The molecule has 1 heterocycles. The lowest BCUT2D eigenvalue weighted by Crippen LogP contribution is -2.23. The monoisotopic (exact) mass is 305 g/mol. The zero-order chi connectivity index (χ0) is 15.6. The first-order valence-corrected chi connectivity index (χ1v) is 8.72. The van der Waals surface area contributed by atoms with Crippen LogP contribution in [0.25, 0.3) is 0 Å². The van der Waals surface area contributed by atoms with E-state index >= 15 is 0 Å². The minimum Gasteiger partial charge on any atom is -0.298 e. The Balaban J connectivity index is 1.55. The molecule has 1 saturated heterocycles. The molecule has 2 aromatic carbocycles. The molecule has 0 radical (unpaired) electrons. The van der Waals surface area contributed by atoms with Gasteiger partial charge in [0.25, 0.3) is 0 Å². The van der Waals surface area contributed by atoms with Crippen molar-refractivity contribution in [3.8, 4) is 0 Å². The summed E-state index contributed by atoms with van der Waals surface area (Å²) in [4.78, 5) is 13.4. The summed E-state index contributed by atoms with van der Waals surface area (Å²) in [5, 5.41) is 0. The maximum atomic E-state index is 10.8. The van der Waals surface area contributed by atoms with Crippen molar-refractivity contribution in [2.24, 2.45) is 0 Å². The third-order valence-corrected chi connectivity index (χ3v) is 5.24. The number of benzene rings is 2. The van der Waals surface area contributed by atoms with Gasteiger partial charge in [-0.15, -0.1) is 0 Å². The minimum atomic E-state index is 0.553. The number of carbonyl (C=O) groups is 1. The van der Waals surface area contributed by atoms with Crippen LogP contribution >= 0.6 is 0 Å². The normalized spacial score (nSPS) is 21.5. The van der Waals surface area contributed by atoms with Gasteiger partial charge in [-0.05, 0) is 54.8 Å². The number of carbonyl (C=O) groups excluding carboxylic acids is 1. The maximum Gasteiger partial charge on any atom is 0.150 e. The summed E-state index contributed by atoms with van der Waals surface area (Å²) in [7, 11) is 0. The van der Waals surface area contributed by atoms with Crippen molar-refractivity contribution in [2.75, 3.05) is 6.54 Å². The van der Waals surface area contributed by atoms with Crippen molar-refractivity contribution in [3.63, 3.8) is 0 Å². The molecule has 0 spiro atoms. The van der Waals surface area contributed by atoms with Crippen LogP contribution in [-0.4, -0.2) is 17.7 Å². The van der Waals surface area contributed by atoms with Gasteiger partial charge < -0.3 is 0 Å². The van der Waals surface area contributed by atoms with Gasteiger partial charge in [0.1, 0.15) is 6.29 Å². The Hall–Kier alpha value is -1.93. The van der Waals surface area contributed by atoms with Crippen LogP contribution in [0.4, 0.5) is 0 Å². The molecule has 23 heavy (non-hydrogen) atoms. The van der Waals surface area contributed by atoms with Gasteiger partial charge in [-0.3, -0.25) is 9.69 Å². The van der Waals surface area contributed by atoms with Crippen molar-refractivity contribution < 1.29 is 4.79 Å². The van der Waals surface area contributed by atoms with E-state index in [0.717, 1.165) is 24.3 Å². The highest BCUT2D eigenvalue weighted by molar-refractivity contribution is 5.74. The van der Waals surface area contributed by atoms with Crippen LogP contribution in [0, 0.1) is 0 Å². The van der Waals surface area contributed by atoms with Crippen LogP contribution in [0.3, 0.4) is 0 Å². The first-order chi connectivity index (χ1) is 11.3. The standard InChI is InChI=1S/C21H23NO/c23-15-17-9-7-16(8-10-17)14-22-13-3-6-21(22)20-5-2-1-4-19(20)18-11-12-18/h1-2,4-5,7-10,15,18,21H,3,6,11-14H2. The van der Waals surface area contributed by atoms with E-state index in [0.29, 0.717) is 6.04 Å². The number of hydrogen-bond donors (Lipinski definition) is 0. The van der Waals surface area contributed by atoms with Gasteiger partial charge in [0, 0.05) is 18.2 Å². The Morgan fingerprint density at radius 2 is 1.70 bits per heavy atom. The zero-order valence-electron chi connectivity index (χ0n) is 13.4. The van der Waals surface area contributed by atoms with Crippen LogP contribution < -0.4 is 0 Å². The van der Waals surface area contributed by atoms with E-state index in [1.165, 1.54) is 37.8 Å². The molecule has 2 aliphatic rings. The van der Waals surface area contributed by atoms with Gasteiger partial charge in [0.2, 0.25) is 0 Å². The molecule has 0 amide bonds. The molecule has 0 bridgehead atoms. The average Bonchev–Trinajstić information content (AvgIpc) is 3.35. The van der Waals surface area contributed by atoms with Gasteiger partial charge in [-0.25, -0.2) is 0 Å². The molecule has 0 aromatic heterocycles. The SMILES string of the molecule is O=Cc1ccc(CN2CCCC2c2ccccc2C2CC2)cc1. The summed E-state index contributed by atoms with van der Waals surface area (Å²) in [6.45, 7) is 2.14. The molecular weight excluding hydrogens is 282 g/mol. The molecule has 2 fully saturated rings. The summed E-state index contributed by atoms with van der Waals surface area (Å²) < 4.78 is 0. The molecule has 1 unspecified atom stereocenters. The molecule has 1 saturated carbocycles. The minimum absolute atomic E-state index is 0.553. The number of nitrogens with zero attached hydrogens (tertiary/aromatic N) is 1. The van der Waals surface area contributed by atoms with Crippen molar-refractivity contribution >= 4 is 6.29 Å². The number of rotatable bonds is 5. The van der Waals surface area contributed by atoms with Gasteiger partial charge in [0.15, 0.2) is 0 Å². The summed E-state index contributed by atoms with van der Waals surface area (Å²) in [6, 6.07) is 17.6. The van der Waals surface area contributed by atoms with Gasteiger partial charge in [-0.1, -0.05) is 48.5 Å². The second-order valence-corrected chi connectivity index (χ2v) is 6.89. The fourth-order valence-electron chi connectivity index (χ4n) is 3.88. The lowest BCUT2D eigenvalue weighted by Gasteiger charge is -2.27. The van der Waals surface area contributed by atoms with E-state index in [1.54, 1.807) is 11.1 Å². The highest BCUT2D eigenvalue weighted by atomic mass is 16.1. The number of aldehydes is 1. The first kappa shape index (κ1) is 14.6. The van der Waals surface area contributed by atoms with Crippen LogP contribution in [0.15, 0.2) is 48.5 Å². The molecule has 2 nitrogen and oxygen atoms in total. The molecular formula is C21H23NO. The van der Waals surface area contributed by atoms with E-state index in [9.17, 15) is 4.79 Å². The third-order valence-electron chi connectivity index (χ3n) is 5.24. The summed E-state index contributed by atoms with van der Waals surface area (Å²) in [6.07, 6.45) is 6.16. The first-order valence-electron chi connectivity index (χ1n) is 8.72. The fraction of sp³-hybridized carbons (Fsp3) is 0.381. The van der Waals surface area contributed by atoms with E-state index in [-0.39, 0.29) is 0 Å². The Bertz CT molecular complexity index is 687. The molecule has 1 atom stereocenters. The van der Waals surface area contributed by atoms with Gasteiger partial charge in [0.05, 0.1) is 0 Å². The highest BCUT2D eigenvalue weighted by Gasteiger charge is 2.32. The summed E-state index contributed by atoms with van der Waals surface area (Å²) in [5.41, 5.74) is 5.19. The number of likely N-dealkylation sites (tertiary alicyclic amines) is 1. The van der Waals surface area contributed by atoms with E-state index in [1.807, 2.05) is 12.1 Å². The Labute approximate surface area is 138 Å². The molecule has 1 aliphatic carbocycles. The molecule has 2 heteroatoms. The van der Waals surface area contributed by atoms with Crippen LogP contribution in [0.5, 0.6) is 0 Å². The van der Waals surface area contributed by atoms with Gasteiger partial charge in [-0.2, -0.15) is 0 Å². The summed E-state index contributed by atoms with van der Waals surface area (Å²) in [5.74, 6) is 0.806. The van der Waals surface area contributed by atoms with Crippen LogP contribution in [-0.2, 0) is 6.54 Å². The second kappa shape index (κ2) is 6.29. The van der Waals surface area contributed by atoms with Crippen LogP contribution in [0.2, 0.25) is 0 Å². The Kier molecular flexibility index (Phi) is 4.00. The lowest BCUT2D eigenvalue weighted by atomic mass is 9.95. The Morgan fingerprint density at radius 1 is 0.957 bits per heavy atom. The van der Waals surface area contributed by atoms with Crippen molar-refractivity contribution in [1.82, 2.24) is 4.90 Å². The smallest absolute Gasteiger partial charge is 0.150 e. The van der Waals surface area contributed by atoms with E-state index in [4.69, 9.17) is 0 Å². The molecule has 1 aliphatic heterocycles. The van der Waals surface area contributed by atoms with Crippen molar-refractivity contribution in [2.45, 2.75) is 44.2 Å². The maximum absolute atomic E-state index is 10.8. The lowest BCUT2D eigenvalue weighted by molar-refractivity contribution is 0.112. The molecule has 2 aromatic rings. The largest absolute Gasteiger partial charge is 0.298 e. The van der Waals surface area contributed by atoms with Crippen LogP contribution in [0.1, 0.15) is 64.7 Å². The highest BCUT2D eigenvalue weighted by Crippen LogP contribution is 2.45. The van der Waals surface area contributed by atoms with E-state index in [2.05, 4.69) is 41.3 Å². The zero-order valence-corrected chi connectivity index (χ0v) is 13.4.